The first kappa shape index (κ1) is 46.5. The molecule has 64 heavy (non-hydrogen) atoms. The zero-order valence-electron chi connectivity index (χ0n) is 33.5. The van der Waals surface area contributed by atoms with Crippen molar-refractivity contribution in [1.82, 2.24) is 0 Å². The van der Waals surface area contributed by atoms with Crippen molar-refractivity contribution < 1.29 is 104 Å². The number of carbonyl (C=O) groups is 1. The third-order valence-electron chi connectivity index (χ3n) is 10.8. The number of carbonyl (C=O) groups excluding carboxylic acids is 1. The predicted octanol–water partition coefficient (Wildman–Crippen LogP) is -1.95. The largest absolute Gasteiger partial charge is 0.508 e. The molecule has 3 aliphatic rings. The van der Waals surface area contributed by atoms with Crippen LogP contribution in [0, 0.1) is 0 Å². The lowest BCUT2D eigenvalue weighted by atomic mass is 9.98. The Morgan fingerprint density at radius 1 is 0.688 bits per heavy atom. The number of hydrogen-bond donors (Lipinski definition) is 12. The van der Waals surface area contributed by atoms with Crippen molar-refractivity contribution >= 4 is 23.0 Å². The lowest BCUT2D eigenvalue weighted by molar-refractivity contribution is -0.319. The highest BCUT2D eigenvalue weighted by Gasteiger charge is 2.49. The van der Waals surface area contributed by atoms with Gasteiger partial charge in [0.1, 0.15) is 95.0 Å². The number of aromatic hydroxyl groups is 3. The maximum Gasteiger partial charge on any atom is 0.331 e. The number of aliphatic hydroxyl groups excluding tert-OH is 9. The summed E-state index contributed by atoms with van der Waals surface area (Å²) in [5, 5.41) is 125. The molecule has 4 heterocycles. The lowest BCUT2D eigenvalue weighted by Gasteiger charge is -2.43. The van der Waals surface area contributed by atoms with E-state index in [0.29, 0.717) is 5.56 Å². The van der Waals surface area contributed by atoms with Crippen LogP contribution in [0.25, 0.3) is 28.4 Å². The molecule has 0 radical (unpaired) electrons. The molecule has 15 unspecified atom stereocenters. The Morgan fingerprint density at radius 3 is 1.91 bits per heavy atom. The normalized spacial score (nSPS) is 33.2. The predicted molar refractivity (Wildman–Crippen MR) is 212 cm³/mol. The first-order valence-electron chi connectivity index (χ1n) is 19.7. The molecule has 0 amide bonds. The quantitative estimate of drug-likeness (QED) is 0.0543. The second-order valence-electron chi connectivity index (χ2n) is 15.3. The van der Waals surface area contributed by atoms with Crippen LogP contribution < -0.4 is 14.9 Å². The SMILES string of the molecule is CC1OC(OCC2OC(Oc3c(-c4ccc(O)cc4)oc4cc(OC5OC(CO)C(O)C(O)C5O)cc(O)c4c3=O)C(O)C(O)C2O)C(O)C(O)C1OC(=O)C=Cc1ccc(O)cc1. The summed E-state index contributed by atoms with van der Waals surface area (Å²) in [6.45, 7) is -0.0208. The van der Waals surface area contributed by atoms with E-state index in [9.17, 15) is 70.9 Å². The average molecular weight is 903 g/mol. The highest BCUT2D eigenvalue weighted by molar-refractivity contribution is 5.88. The fraction of sp³-hybridized carbons (Fsp3) is 0.429. The van der Waals surface area contributed by atoms with Gasteiger partial charge in [-0.3, -0.25) is 4.79 Å². The second kappa shape index (κ2) is 19.3. The van der Waals surface area contributed by atoms with Gasteiger partial charge in [-0.2, -0.15) is 0 Å². The minimum absolute atomic E-state index is 0.0244. The summed E-state index contributed by atoms with van der Waals surface area (Å²) in [5.41, 5.74) is -0.771. The fourth-order valence-corrected chi connectivity index (χ4v) is 7.22. The smallest absolute Gasteiger partial charge is 0.331 e. The van der Waals surface area contributed by atoms with Gasteiger partial charge >= 0.3 is 5.97 Å². The van der Waals surface area contributed by atoms with Crippen molar-refractivity contribution in [2.24, 2.45) is 0 Å². The monoisotopic (exact) mass is 902 g/mol. The molecular weight excluding hydrogens is 856 g/mol. The van der Waals surface area contributed by atoms with Gasteiger partial charge in [0.05, 0.1) is 19.3 Å². The maximum atomic E-state index is 14.2. The zero-order chi connectivity index (χ0) is 46.1. The van der Waals surface area contributed by atoms with Gasteiger partial charge in [0.25, 0.3) is 0 Å². The van der Waals surface area contributed by atoms with Crippen LogP contribution in [0.15, 0.2) is 76.0 Å². The van der Waals surface area contributed by atoms with E-state index < -0.39 is 134 Å². The maximum absolute atomic E-state index is 14.2. The molecule has 3 saturated heterocycles. The highest BCUT2D eigenvalue weighted by atomic mass is 16.7. The van der Waals surface area contributed by atoms with Gasteiger partial charge in [0.15, 0.2) is 18.2 Å². The Balaban J connectivity index is 1.09. The van der Waals surface area contributed by atoms with Gasteiger partial charge in [-0.1, -0.05) is 12.1 Å². The first-order valence-corrected chi connectivity index (χ1v) is 19.7. The van der Waals surface area contributed by atoms with Crippen molar-refractivity contribution in [3.05, 3.63) is 82.5 Å². The average Bonchev–Trinajstić information content (AvgIpc) is 3.27. The van der Waals surface area contributed by atoms with E-state index in [1.54, 1.807) is 12.1 Å². The molecule has 346 valence electrons. The Kier molecular flexibility index (Phi) is 14.1. The molecule has 0 aliphatic carbocycles. The van der Waals surface area contributed by atoms with E-state index in [2.05, 4.69) is 0 Å². The van der Waals surface area contributed by atoms with Crippen molar-refractivity contribution in [2.45, 2.75) is 99.0 Å². The van der Waals surface area contributed by atoms with E-state index in [-0.39, 0.29) is 34.2 Å². The standard InChI is InChI=1S/C42H46O22/c1-16-37(63-26(47)11-4-17-2-7-19(44)8-3-17)33(53)36(56)40(58-16)57-15-25-29(49)32(52)35(55)42(62-25)64-39-30(50)27-22(46)12-21(59-41-34(54)31(51)28(48)24(14-43)61-41)13-23(27)60-38(39)18-5-9-20(45)10-6-18/h2-13,16,24-25,28-29,31-37,40-46,48-49,51-56H,14-15H2,1H3. The van der Waals surface area contributed by atoms with Crippen LogP contribution >= 0.6 is 0 Å². The Hall–Kier alpha value is -5.44. The summed E-state index contributed by atoms with van der Waals surface area (Å²) in [4.78, 5) is 26.7. The third-order valence-corrected chi connectivity index (χ3v) is 10.8. The second-order valence-corrected chi connectivity index (χ2v) is 15.3. The van der Waals surface area contributed by atoms with Crippen LogP contribution in [0.3, 0.4) is 0 Å². The summed E-state index contributed by atoms with van der Waals surface area (Å²) in [7, 11) is 0. The Morgan fingerprint density at radius 2 is 1.27 bits per heavy atom. The molecule has 4 aromatic rings. The number of esters is 1. The summed E-state index contributed by atoms with van der Waals surface area (Å²) in [5.74, 6) is -3.17. The fourth-order valence-electron chi connectivity index (χ4n) is 7.22. The van der Waals surface area contributed by atoms with Gasteiger partial charge in [0, 0.05) is 23.8 Å². The number of phenolic OH excluding ortho intramolecular Hbond substituents is 3. The van der Waals surface area contributed by atoms with Crippen molar-refractivity contribution in [3.63, 3.8) is 0 Å². The Labute approximate surface area is 361 Å². The van der Waals surface area contributed by atoms with E-state index >= 15 is 0 Å². The van der Waals surface area contributed by atoms with Crippen LogP contribution in [0.4, 0.5) is 0 Å². The molecule has 1 aromatic heterocycles. The minimum Gasteiger partial charge on any atom is -0.508 e. The minimum atomic E-state index is -2.05. The van der Waals surface area contributed by atoms with Crippen LogP contribution in [0.2, 0.25) is 0 Å². The summed E-state index contributed by atoms with van der Waals surface area (Å²) >= 11 is 0. The van der Waals surface area contributed by atoms with Gasteiger partial charge in [-0.15, -0.1) is 0 Å². The van der Waals surface area contributed by atoms with Crippen molar-refractivity contribution in [2.75, 3.05) is 13.2 Å². The molecule has 22 heteroatoms. The molecule has 3 aliphatic heterocycles. The van der Waals surface area contributed by atoms with Gasteiger partial charge in [-0.25, -0.2) is 4.79 Å². The molecule has 0 saturated carbocycles. The number of rotatable bonds is 12. The number of aliphatic hydroxyl groups is 9. The first-order chi connectivity index (χ1) is 30.4. The molecule has 22 nitrogen and oxygen atoms in total. The summed E-state index contributed by atoms with van der Waals surface area (Å²) in [6.07, 6.45) is -22.9. The van der Waals surface area contributed by atoms with Gasteiger partial charge in [-0.05, 0) is 55.0 Å². The molecular formula is C42H46O22. The molecule has 7 rings (SSSR count). The van der Waals surface area contributed by atoms with Crippen molar-refractivity contribution in [1.29, 1.82) is 0 Å². The van der Waals surface area contributed by atoms with E-state index in [1.165, 1.54) is 49.4 Å². The molecule has 0 spiro atoms. The molecule has 3 fully saturated rings. The van der Waals surface area contributed by atoms with Gasteiger partial charge < -0.3 is 98.9 Å². The number of fused-ring (bicyclic) bond motifs is 1. The van der Waals surface area contributed by atoms with Crippen LogP contribution in [-0.4, -0.2) is 173 Å². The van der Waals surface area contributed by atoms with Gasteiger partial charge in [0.2, 0.25) is 23.8 Å². The third kappa shape index (κ3) is 9.64. The van der Waals surface area contributed by atoms with E-state index in [4.69, 9.17) is 37.6 Å². The van der Waals surface area contributed by atoms with Crippen LogP contribution in [0.1, 0.15) is 12.5 Å². The molecule has 15 atom stereocenters. The zero-order valence-corrected chi connectivity index (χ0v) is 33.5. The number of benzene rings is 3. The molecule has 3 aromatic carbocycles. The number of ether oxygens (including phenoxy) is 7. The summed E-state index contributed by atoms with van der Waals surface area (Å²) in [6, 6.07) is 13.1. The van der Waals surface area contributed by atoms with E-state index in [0.717, 1.165) is 18.2 Å². The number of hydrogen-bond acceptors (Lipinski definition) is 22. The van der Waals surface area contributed by atoms with Crippen LogP contribution in [0.5, 0.6) is 28.7 Å². The Bertz CT molecular complexity index is 2330. The topological polar surface area (TPSA) is 355 Å². The summed E-state index contributed by atoms with van der Waals surface area (Å²) < 4.78 is 45.3. The number of phenols is 3. The molecule has 12 N–H and O–H groups in total. The van der Waals surface area contributed by atoms with Crippen molar-refractivity contribution in [3.8, 4) is 40.1 Å². The highest BCUT2D eigenvalue weighted by Crippen LogP contribution is 2.39. The van der Waals surface area contributed by atoms with Crippen LogP contribution in [-0.2, 0) is 28.5 Å². The van der Waals surface area contributed by atoms with E-state index in [1.807, 2.05) is 0 Å². The lowest BCUT2D eigenvalue weighted by Crippen LogP contribution is -2.62. The molecule has 0 bridgehead atoms.